The van der Waals surface area contributed by atoms with Gasteiger partial charge < -0.3 is 5.32 Å². The van der Waals surface area contributed by atoms with Crippen LogP contribution in [-0.4, -0.2) is 24.4 Å². The Morgan fingerprint density at radius 2 is 1.74 bits per heavy atom. The monoisotopic (exact) mass is 252 g/mol. The second-order valence-corrected chi connectivity index (χ2v) is 4.86. The Kier molecular flexibility index (Phi) is 3.05. The van der Waals surface area contributed by atoms with Crippen LogP contribution in [-0.2, 0) is 4.79 Å². The van der Waals surface area contributed by atoms with Crippen LogP contribution in [0.3, 0.4) is 0 Å². The van der Waals surface area contributed by atoms with Crippen LogP contribution in [0.2, 0.25) is 0 Å². The third kappa shape index (κ3) is 2.25. The zero-order valence-electron chi connectivity index (χ0n) is 10.8. The first-order chi connectivity index (χ1) is 9.25. The molecule has 1 amide bonds. The minimum atomic E-state index is 0.0355. The topological polar surface area (TPSA) is 32.3 Å². The first-order valence-corrected chi connectivity index (χ1v) is 6.39. The molecule has 3 nitrogen and oxygen atoms in total. The van der Waals surface area contributed by atoms with Gasteiger partial charge in [0.15, 0.2) is 0 Å². The maximum atomic E-state index is 11.9. The van der Waals surface area contributed by atoms with Gasteiger partial charge in [0, 0.05) is 5.69 Å². The number of likely N-dealkylation sites (N-methyl/N-ethyl adjacent to an activating group) is 1. The van der Waals surface area contributed by atoms with Gasteiger partial charge in [0.2, 0.25) is 5.91 Å². The van der Waals surface area contributed by atoms with Crippen LogP contribution in [0.15, 0.2) is 54.6 Å². The molecule has 3 rings (SSSR count). The molecule has 96 valence electrons. The Bertz CT molecular complexity index is 595. The molecular formula is C16H16N2O. The quantitative estimate of drug-likeness (QED) is 0.846. The summed E-state index contributed by atoms with van der Waals surface area (Å²) in [5.74, 6) is 0.0355. The van der Waals surface area contributed by atoms with Gasteiger partial charge in [0.25, 0.3) is 0 Å². The lowest BCUT2D eigenvalue weighted by molar-refractivity contribution is -0.117. The molecule has 1 N–H and O–H groups in total. The van der Waals surface area contributed by atoms with E-state index in [1.807, 2.05) is 43.4 Å². The molecule has 1 aliphatic heterocycles. The molecule has 0 aliphatic carbocycles. The predicted octanol–water partition coefficient (Wildman–Crippen LogP) is 2.66. The van der Waals surface area contributed by atoms with Crippen molar-refractivity contribution in [1.82, 2.24) is 4.90 Å². The van der Waals surface area contributed by atoms with Crippen LogP contribution in [0.4, 0.5) is 5.69 Å². The van der Waals surface area contributed by atoms with E-state index in [-0.39, 0.29) is 11.9 Å². The minimum absolute atomic E-state index is 0.0355. The second-order valence-electron chi connectivity index (χ2n) is 4.86. The summed E-state index contributed by atoms with van der Waals surface area (Å²) in [6.07, 6.45) is 0. The highest BCUT2D eigenvalue weighted by Crippen LogP contribution is 2.34. The summed E-state index contributed by atoms with van der Waals surface area (Å²) in [7, 11) is 1.99. The van der Waals surface area contributed by atoms with Gasteiger partial charge in [-0.2, -0.15) is 0 Å². The van der Waals surface area contributed by atoms with Crippen LogP contribution in [0.5, 0.6) is 0 Å². The van der Waals surface area contributed by atoms with Crippen molar-refractivity contribution < 1.29 is 4.79 Å². The van der Waals surface area contributed by atoms with E-state index in [2.05, 4.69) is 28.4 Å². The van der Waals surface area contributed by atoms with Gasteiger partial charge in [0.1, 0.15) is 0 Å². The molecule has 0 aromatic heterocycles. The number of carbonyl (C=O) groups is 1. The summed E-state index contributed by atoms with van der Waals surface area (Å²) in [5, 5.41) is 2.97. The molecule has 1 aliphatic rings. The van der Waals surface area contributed by atoms with Crippen LogP contribution >= 0.6 is 0 Å². The van der Waals surface area contributed by atoms with Gasteiger partial charge in [-0.25, -0.2) is 0 Å². The maximum absolute atomic E-state index is 11.9. The van der Waals surface area contributed by atoms with Gasteiger partial charge in [-0.1, -0.05) is 48.5 Å². The average Bonchev–Trinajstić information content (AvgIpc) is 2.54. The van der Waals surface area contributed by atoms with E-state index in [0.717, 1.165) is 11.3 Å². The molecular weight excluding hydrogens is 236 g/mol. The second kappa shape index (κ2) is 4.86. The standard InChI is InChI=1S/C16H16N2O/c1-18-11-15(19)17-14-10-6-5-9-13(14)16(18)12-7-3-2-4-8-12/h2-10,16H,11H2,1H3,(H,17,19). The van der Waals surface area contributed by atoms with Crippen molar-refractivity contribution in [1.29, 1.82) is 0 Å². The van der Waals surface area contributed by atoms with E-state index in [9.17, 15) is 4.79 Å². The molecule has 0 spiro atoms. The highest BCUT2D eigenvalue weighted by atomic mass is 16.2. The fraction of sp³-hybridized carbons (Fsp3) is 0.188. The Morgan fingerprint density at radius 1 is 1.05 bits per heavy atom. The van der Waals surface area contributed by atoms with Crippen LogP contribution in [0.25, 0.3) is 0 Å². The molecule has 0 saturated heterocycles. The number of hydrogen-bond acceptors (Lipinski definition) is 2. The van der Waals surface area contributed by atoms with Crippen molar-refractivity contribution in [2.75, 3.05) is 18.9 Å². The minimum Gasteiger partial charge on any atom is -0.325 e. The number of fused-ring (bicyclic) bond motifs is 1. The smallest absolute Gasteiger partial charge is 0.238 e. The molecule has 19 heavy (non-hydrogen) atoms. The Labute approximate surface area is 112 Å². The fourth-order valence-corrected chi connectivity index (χ4v) is 2.66. The third-order valence-electron chi connectivity index (χ3n) is 3.48. The number of para-hydroxylation sites is 1. The third-order valence-corrected chi connectivity index (χ3v) is 3.48. The molecule has 3 heteroatoms. The van der Waals surface area contributed by atoms with Gasteiger partial charge in [-0.05, 0) is 24.2 Å². The van der Waals surface area contributed by atoms with Crippen molar-refractivity contribution in [3.8, 4) is 0 Å². The Balaban J connectivity index is 2.14. The Morgan fingerprint density at radius 3 is 2.53 bits per heavy atom. The van der Waals surface area contributed by atoms with Crippen LogP contribution in [0, 0.1) is 0 Å². The summed E-state index contributed by atoms with van der Waals surface area (Å²) in [5.41, 5.74) is 3.25. The lowest BCUT2D eigenvalue weighted by atomic mass is 9.96. The van der Waals surface area contributed by atoms with E-state index in [4.69, 9.17) is 0 Å². The number of hydrogen-bond donors (Lipinski definition) is 1. The van der Waals surface area contributed by atoms with Crippen molar-refractivity contribution in [3.63, 3.8) is 0 Å². The molecule has 2 aromatic carbocycles. The first-order valence-electron chi connectivity index (χ1n) is 6.39. The van der Waals surface area contributed by atoms with E-state index in [0.29, 0.717) is 6.54 Å². The number of nitrogens with one attached hydrogen (secondary N) is 1. The summed E-state index contributed by atoms with van der Waals surface area (Å²) in [4.78, 5) is 14.0. The lowest BCUT2D eigenvalue weighted by Crippen LogP contribution is -2.30. The predicted molar refractivity (Wildman–Crippen MR) is 76.0 cm³/mol. The van der Waals surface area contributed by atoms with Crippen LogP contribution in [0.1, 0.15) is 17.2 Å². The number of benzene rings is 2. The zero-order valence-corrected chi connectivity index (χ0v) is 10.8. The normalized spacial score (nSPS) is 19.4. The highest BCUT2D eigenvalue weighted by Gasteiger charge is 2.26. The number of nitrogens with zero attached hydrogens (tertiary/aromatic N) is 1. The number of rotatable bonds is 1. The van der Waals surface area contributed by atoms with E-state index in [1.165, 1.54) is 5.56 Å². The van der Waals surface area contributed by atoms with Gasteiger partial charge in [-0.3, -0.25) is 9.69 Å². The molecule has 1 atom stereocenters. The van der Waals surface area contributed by atoms with Crippen molar-refractivity contribution in [2.24, 2.45) is 0 Å². The summed E-state index contributed by atoms with van der Waals surface area (Å²) >= 11 is 0. The van der Waals surface area contributed by atoms with E-state index >= 15 is 0 Å². The number of anilines is 1. The van der Waals surface area contributed by atoms with Crippen molar-refractivity contribution in [2.45, 2.75) is 6.04 Å². The van der Waals surface area contributed by atoms with Crippen molar-refractivity contribution >= 4 is 11.6 Å². The average molecular weight is 252 g/mol. The zero-order chi connectivity index (χ0) is 13.2. The summed E-state index contributed by atoms with van der Waals surface area (Å²) in [6, 6.07) is 18.4. The maximum Gasteiger partial charge on any atom is 0.238 e. The molecule has 0 saturated carbocycles. The Hall–Kier alpha value is -2.13. The van der Waals surface area contributed by atoms with Crippen LogP contribution < -0.4 is 5.32 Å². The molecule has 0 bridgehead atoms. The largest absolute Gasteiger partial charge is 0.325 e. The summed E-state index contributed by atoms with van der Waals surface area (Å²) in [6.45, 7) is 0.397. The SMILES string of the molecule is CN1CC(=O)Nc2ccccc2C1c1ccccc1. The highest BCUT2D eigenvalue weighted by molar-refractivity contribution is 5.94. The molecule has 1 unspecified atom stereocenters. The lowest BCUT2D eigenvalue weighted by Gasteiger charge is -2.26. The van der Waals surface area contributed by atoms with Gasteiger partial charge in [0.05, 0.1) is 12.6 Å². The molecule has 0 radical (unpaired) electrons. The fourth-order valence-electron chi connectivity index (χ4n) is 2.66. The van der Waals surface area contributed by atoms with Gasteiger partial charge >= 0.3 is 0 Å². The van der Waals surface area contributed by atoms with E-state index in [1.54, 1.807) is 0 Å². The summed E-state index contributed by atoms with van der Waals surface area (Å²) < 4.78 is 0. The molecule has 0 fully saturated rings. The molecule has 2 aromatic rings. The van der Waals surface area contributed by atoms with Crippen molar-refractivity contribution in [3.05, 3.63) is 65.7 Å². The number of amides is 1. The number of carbonyl (C=O) groups excluding carboxylic acids is 1. The van der Waals surface area contributed by atoms with Gasteiger partial charge in [-0.15, -0.1) is 0 Å². The van der Waals surface area contributed by atoms with E-state index < -0.39 is 0 Å². The first kappa shape index (κ1) is 11.9. The molecule has 1 heterocycles.